The molecule has 0 aliphatic heterocycles. The highest BCUT2D eigenvalue weighted by Gasteiger charge is 2.14. The lowest BCUT2D eigenvalue weighted by atomic mass is 10.1. The molecule has 216 valence electrons. The van der Waals surface area contributed by atoms with Gasteiger partial charge in [-0.2, -0.15) is 0 Å². The second-order valence-corrected chi connectivity index (χ2v) is 11.3. The van der Waals surface area contributed by atoms with Gasteiger partial charge in [-0.25, -0.2) is 4.79 Å². The molecular formula is C35H45BrO4. The fourth-order valence-corrected chi connectivity index (χ4v) is 5.03. The van der Waals surface area contributed by atoms with E-state index in [4.69, 9.17) is 14.2 Å². The van der Waals surface area contributed by atoms with E-state index in [1.54, 1.807) is 12.1 Å². The molecule has 0 aliphatic carbocycles. The van der Waals surface area contributed by atoms with Crippen LogP contribution in [0.3, 0.4) is 0 Å². The van der Waals surface area contributed by atoms with E-state index in [0.717, 1.165) is 53.0 Å². The predicted molar refractivity (Wildman–Crippen MR) is 169 cm³/mol. The van der Waals surface area contributed by atoms with Crippen LogP contribution in [-0.2, 0) is 0 Å². The Morgan fingerprint density at radius 1 is 0.725 bits per heavy atom. The normalized spacial score (nSPS) is 11.7. The van der Waals surface area contributed by atoms with Crippen molar-refractivity contribution in [3.63, 3.8) is 0 Å². The maximum absolute atomic E-state index is 12.8. The number of unbranched alkanes of at least 4 members (excludes halogenated alkanes) is 8. The number of halogens is 1. The summed E-state index contributed by atoms with van der Waals surface area (Å²) in [5.74, 6) is 1.74. The Morgan fingerprint density at radius 3 is 1.93 bits per heavy atom. The summed E-state index contributed by atoms with van der Waals surface area (Å²) in [5.41, 5.74) is 2.61. The minimum Gasteiger partial charge on any atom is -0.494 e. The lowest BCUT2D eigenvalue weighted by Gasteiger charge is -2.16. The van der Waals surface area contributed by atoms with Crippen LogP contribution in [0.4, 0.5) is 0 Å². The first-order chi connectivity index (χ1) is 19.5. The second-order valence-electron chi connectivity index (χ2n) is 10.5. The highest BCUT2D eigenvalue weighted by molar-refractivity contribution is 9.10. The smallest absolute Gasteiger partial charge is 0.343 e. The molecule has 3 aromatic carbocycles. The molecule has 0 amide bonds. The van der Waals surface area contributed by atoms with E-state index in [2.05, 4.69) is 48.8 Å². The summed E-state index contributed by atoms with van der Waals surface area (Å²) in [6.45, 7) is 7.30. The summed E-state index contributed by atoms with van der Waals surface area (Å²) in [6, 6.07) is 21.0. The average molecular weight is 610 g/mol. The molecular weight excluding hydrogens is 564 g/mol. The molecule has 1 unspecified atom stereocenters. The number of carbonyl (C=O) groups is 1. The van der Waals surface area contributed by atoms with Gasteiger partial charge in [0.05, 0.1) is 22.7 Å². The third kappa shape index (κ3) is 11.0. The fraction of sp³-hybridized carbons (Fsp3) is 0.457. The van der Waals surface area contributed by atoms with Gasteiger partial charge in [-0.3, -0.25) is 0 Å². The molecule has 0 aromatic heterocycles. The van der Waals surface area contributed by atoms with E-state index in [9.17, 15) is 4.79 Å². The Kier molecular flexibility index (Phi) is 14.1. The largest absolute Gasteiger partial charge is 0.494 e. The Morgan fingerprint density at radius 2 is 1.30 bits per heavy atom. The lowest BCUT2D eigenvalue weighted by Crippen LogP contribution is -2.13. The number of ether oxygens (including phenoxy) is 3. The predicted octanol–water partition coefficient (Wildman–Crippen LogP) is 10.8. The summed E-state index contributed by atoms with van der Waals surface area (Å²) in [7, 11) is 0. The Balaban J connectivity index is 1.47. The molecule has 0 saturated carbocycles. The molecule has 3 aromatic rings. The summed E-state index contributed by atoms with van der Waals surface area (Å²) in [5, 5.41) is 0. The van der Waals surface area contributed by atoms with E-state index in [1.165, 1.54) is 51.4 Å². The molecule has 0 bridgehead atoms. The van der Waals surface area contributed by atoms with Gasteiger partial charge < -0.3 is 14.2 Å². The molecule has 1 atom stereocenters. The minimum atomic E-state index is -0.403. The van der Waals surface area contributed by atoms with E-state index < -0.39 is 5.97 Å². The van der Waals surface area contributed by atoms with Crippen molar-refractivity contribution >= 4 is 21.9 Å². The number of benzene rings is 3. The Labute approximate surface area is 249 Å². The number of esters is 1. The van der Waals surface area contributed by atoms with Crippen LogP contribution in [-0.4, -0.2) is 18.7 Å². The average Bonchev–Trinajstić information content (AvgIpc) is 2.96. The van der Waals surface area contributed by atoms with Crippen LogP contribution in [0.2, 0.25) is 0 Å². The molecule has 0 saturated heterocycles. The van der Waals surface area contributed by atoms with Crippen LogP contribution in [0.15, 0.2) is 71.2 Å². The van der Waals surface area contributed by atoms with Crippen LogP contribution < -0.4 is 14.2 Å². The first-order valence-electron chi connectivity index (χ1n) is 15.0. The number of hydrogen-bond acceptors (Lipinski definition) is 4. The van der Waals surface area contributed by atoms with E-state index in [0.29, 0.717) is 11.3 Å². The molecule has 0 N–H and O–H groups in total. The summed E-state index contributed by atoms with van der Waals surface area (Å²) in [4.78, 5) is 12.8. The van der Waals surface area contributed by atoms with Gasteiger partial charge in [0.2, 0.25) is 0 Å². The van der Waals surface area contributed by atoms with Crippen molar-refractivity contribution in [3.8, 4) is 28.4 Å². The van der Waals surface area contributed by atoms with Crippen LogP contribution in [0.25, 0.3) is 11.1 Å². The van der Waals surface area contributed by atoms with Crippen LogP contribution in [0.1, 0.15) is 102 Å². The van der Waals surface area contributed by atoms with Crippen LogP contribution in [0, 0.1) is 0 Å². The van der Waals surface area contributed by atoms with Crippen LogP contribution in [0.5, 0.6) is 17.2 Å². The molecule has 5 heteroatoms. The Bertz CT molecular complexity index is 1140. The van der Waals surface area contributed by atoms with Gasteiger partial charge in [0, 0.05) is 0 Å². The molecule has 0 aliphatic rings. The zero-order valence-electron chi connectivity index (χ0n) is 24.4. The first-order valence-corrected chi connectivity index (χ1v) is 15.8. The standard InChI is InChI=1S/C35H45BrO4/c1-4-6-8-10-11-13-25-38-31-20-15-28(16-21-31)29-17-22-32(23-18-29)40-35(37)30-19-24-34(33(36)26-30)39-27(3)14-12-9-7-5-2/h15-24,26-27H,4-14,25H2,1-3H3. The van der Waals surface area contributed by atoms with Gasteiger partial charge in [-0.05, 0) is 95.7 Å². The van der Waals surface area contributed by atoms with Crippen molar-refractivity contribution in [2.24, 2.45) is 0 Å². The summed E-state index contributed by atoms with van der Waals surface area (Å²) in [6.07, 6.45) is 13.6. The number of hydrogen-bond donors (Lipinski definition) is 0. The van der Waals surface area contributed by atoms with Crippen molar-refractivity contribution in [1.82, 2.24) is 0 Å². The SMILES string of the molecule is CCCCCCCCOc1ccc(-c2ccc(OC(=O)c3ccc(OC(C)CCCCCC)c(Br)c3)cc2)cc1. The highest BCUT2D eigenvalue weighted by atomic mass is 79.9. The monoisotopic (exact) mass is 608 g/mol. The third-order valence-electron chi connectivity index (χ3n) is 6.98. The lowest BCUT2D eigenvalue weighted by molar-refractivity contribution is 0.0734. The summed E-state index contributed by atoms with van der Waals surface area (Å²) < 4.78 is 18.3. The van der Waals surface area contributed by atoms with Gasteiger partial charge in [-0.1, -0.05) is 89.5 Å². The van der Waals surface area contributed by atoms with Crippen molar-refractivity contribution in [1.29, 1.82) is 0 Å². The van der Waals surface area contributed by atoms with Gasteiger partial charge in [0.25, 0.3) is 0 Å². The molecule has 0 fully saturated rings. The van der Waals surface area contributed by atoms with Gasteiger partial charge in [0.15, 0.2) is 0 Å². The third-order valence-corrected chi connectivity index (χ3v) is 7.60. The minimum absolute atomic E-state index is 0.123. The van der Waals surface area contributed by atoms with Crippen molar-refractivity contribution in [2.45, 2.75) is 97.5 Å². The van der Waals surface area contributed by atoms with E-state index in [1.807, 2.05) is 42.5 Å². The molecule has 4 nitrogen and oxygen atoms in total. The van der Waals surface area contributed by atoms with Gasteiger partial charge in [-0.15, -0.1) is 0 Å². The molecule has 0 radical (unpaired) electrons. The second kappa shape index (κ2) is 17.8. The van der Waals surface area contributed by atoms with Crippen LogP contribution >= 0.6 is 15.9 Å². The van der Waals surface area contributed by atoms with Crippen molar-refractivity contribution in [3.05, 3.63) is 76.8 Å². The topological polar surface area (TPSA) is 44.8 Å². The number of rotatable bonds is 18. The molecule has 3 rings (SSSR count). The van der Waals surface area contributed by atoms with E-state index in [-0.39, 0.29) is 6.10 Å². The molecule has 0 spiro atoms. The zero-order valence-corrected chi connectivity index (χ0v) is 26.0. The Hall–Kier alpha value is -2.79. The van der Waals surface area contributed by atoms with E-state index >= 15 is 0 Å². The van der Waals surface area contributed by atoms with Gasteiger partial charge in [0.1, 0.15) is 17.2 Å². The summed E-state index contributed by atoms with van der Waals surface area (Å²) >= 11 is 3.55. The first kappa shape index (κ1) is 31.7. The molecule has 0 heterocycles. The molecule has 40 heavy (non-hydrogen) atoms. The highest BCUT2D eigenvalue weighted by Crippen LogP contribution is 2.29. The van der Waals surface area contributed by atoms with Crippen molar-refractivity contribution in [2.75, 3.05) is 6.61 Å². The number of carbonyl (C=O) groups excluding carboxylic acids is 1. The fourth-order valence-electron chi connectivity index (χ4n) is 4.56. The quantitative estimate of drug-likeness (QED) is 0.0818. The maximum atomic E-state index is 12.8. The zero-order chi connectivity index (χ0) is 28.6. The maximum Gasteiger partial charge on any atom is 0.343 e. The van der Waals surface area contributed by atoms with Crippen molar-refractivity contribution < 1.29 is 19.0 Å². The van der Waals surface area contributed by atoms with Gasteiger partial charge >= 0.3 is 5.97 Å².